The summed E-state index contributed by atoms with van der Waals surface area (Å²) < 4.78 is 61.4. The summed E-state index contributed by atoms with van der Waals surface area (Å²) in [5.41, 5.74) is 1.57. The zero-order chi connectivity index (χ0) is 34.6. The largest absolute Gasteiger partial charge is 0.493 e. The number of para-hydroxylation sites is 1. The number of carbonyl (C=O) groups is 1. The molecule has 0 unspecified atom stereocenters. The van der Waals surface area contributed by atoms with E-state index in [0.717, 1.165) is 44.3 Å². The molecule has 3 heterocycles. The third kappa shape index (κ3) is 7.04. The van der Waals surface area contributed by atoms with E-state index in [9.17, 15) is 13.6 Å². The number of nitrogens with one attached hydrogen (secondary N) is 1. The highest BCUT2D eigenvalue weighted by atomic mass is 19.1. The van der Waals surface area contributed by atoms with E-state index < -0.39 is 23.4 Å². The number of aromatic nitrogens is 2. The van der Waals surface area contributed by atoms with Gasteiger partial charge in [-0.15, -0.1) is 0 Å². The fraction of sp³-hybridized carbons (Fsp3) is 0.205. The van der Waals surface area contributed by atoms with Gasteiger partial charge in [-0.3, -0.25) is 9.78 Å². The molecule has 0 radical (unpaired) electrons. The predicted molar refractivity (Wildman–Crippen MR) is 186 cm³/mol. The van der Waals surface area contributed by atoms with Crippen molar-refractivity contribution in [3.05, 3.63) is 114 Å². The van der Waals surface area contributed by atoms with Crippen molar-refractivity contribution in [2.75, 3.05) is 38.7 Å². The van der Waals surface area contributed by atoms with Gasteiger partial charge in [0, 0.05) is 53.0 Å². The van der Waals surface area contributed by atoms with Crippen LogP contribution in [-0.4, -0.2) is 54.1 Å². The first-order valence-electron chi connectivity index (χ1n) is 16.3. The molecule has 1 amide bonds. The minimum atomic E-state index is -0.811. The Kier molecular flexibility index (Phi) is 9.48. The first-order chi connectivity index (χ1) is 24.4. The molecule has 0 spiro atoms. The number of halogens is 3. The highest BCUT2D eigenvalue weighted by Crippen LogP contribution is 2.38. The number of methoxy groups -OCH3 is 1. The van der Waals surface area contributed by atoms with Crippen molar-refractivity contribution < 1.29 is 32.2 Å². The van der Waals surface area contributed by atoms with Gasteiger partial charge < -0.3 is 24.4 Å². The van der Waals surface area contributed by atoms with Gasteiger partial charge in [0.2, 0.25) is 0 Å². The number of ether oxygens (including phenoxy) is 3. The van der Waals surface area contributed by atoms with Gasteiger partial charge in [-0.25, -0.2) is 18.2 Å². The van der Waals surface area contributed by atoms with E-state index in [1.165, 1.54) is 37.1 Å². The van der Waals surface area contributed by atoms with Gasteiger partial charge >= 0.3 is 0 Å². The summed E-state index contributed by atoms with van der Waals surface area (Å²) in [5, 5.41) is 3.82. The van der Waals surface area contributed by atoms with E-state index in [-0.39, 0.29) is 28.3 Å². The lowest BCUT2D eigenvalue weighted by molar-refractivity contribution is 0.102. The summed E-state index contributed by atoms with van der Waals surface area (Å²) in [5.74, 6) is -1.47. The van der Waals surface area contributed by atoms with Crippen molar-refractivity contribution in [1.82, 2.24) is 14.9 Å². The van der Waals surface area contributed by atoms with E-state index in [0.29, 0.717) is 45.7 Å². The molecule has 8 nitrogen and oxygen atoms in total. The molecule has 0 atom stereocenters. The van der Waals surface area contributed by atoms with Gasteiger partial charge in [0.05, 0.1) is 36.0 Å². The summed E-state index contributed by atoms with van der Waals surface area (Å²) in [6.45, 7) is 3.79. The first kappa shape index (κ1) is 32.8. The number of nitrogens with zero attached hydrogens (tertiary/aromatic N) is 3. The molecule has 4 aromatic carbocycles. The third-order valence-corrected chi connectivity index (χ3v) is 8.64. The third-order valence-electron chi connectivity index (χ3n) is 8.64. The van der Waals surface area contributed by atoms with Crippen LogP contribution in [0.5, 0.6) is 23.0 Å². The predicted octanol–water partition coefficient (Wildman–Crippen LogP) is 8.79. The smallest absolute Gasteiger partial charge is 0.256 e. The second-order valence-corrected chi connectivity index (χ2v) is 12.0. The van der Waals surface area contributed by atoms with Crippen molar-refractivity contribution in [3.63, 3.8) is 0 Å². The van der Waals surface area contributed by atoms with Crippen molar-refractivity contribution in [2.24, 2.45) is 0 Å². The van der Waals surface area contributed by atoms with Gasteiger partial charge in [0.25, 0.3) is 5.91 Å². The fourth-order valence-corrected chi connectivity index (χ4v) is 6.14. The molecule has 1 fully saturated rings. The van der Waals surface area contributed by atoms with Crippen LogP contribution in [0.2, 0.25) is 0 Å². The molecule has 1 saturated heterocycles. The second-order valence-electron chi connectivity index (χ2n) is 12.0. The minimum Gasteiger partial charge on any atom is -0.493 e. The maximum Gasteiger partial charge on any atom is 0.256 e. The molecule has 0 aliphatic carbocycles. The van der Waals surface area contributed by atoms with Crippen LogP contribution in [0.15, 0.2) is 91.1 Å². The fourth-order valence-electron chi connectivity index (χ4n) is 6.14. The van der Waals surface area contributed by atoms with Gasteiger partial charge in [0.15, 0.2) is 23.1 Å². The average molecular weight is 679 g/mol. The SMILES string of the molecule is COc1cc2c(Oc3ccc(NC(=O)c4cc(-c5ccc(F)cc5F)nc5ccccc45)cc3F)ccnc2cc1OCCCN1CCCC1. The van der Waals surface area contributed by atoms with Gasteiger partial charge in [-0.1, -0.05) is 18.2 Å². The number of carbonyl (C=O) groups excluding carboxylic acids is 1. The Morgan fingerprint density at radius 3 is 2.46 bits per heavy atom. The number of hydrogen-bond acceptors (Lipinski definition) is 7. The monoisotopic (exact) mass is 678 g/mol. The van der Waals surface area contributed by atoms with Crippen LogP contribution in [0.25, 0.3) is 33.1 Å². The number of benzene rings is 4. The first-order valence-corrected chi connectivity index (χ1v) is 16.3. The molecule has 2 aromatic heterocycles. The summed E-state index contributed by atoms with van der Waals surface area (Å²) >= 11 is 0. The maximum absolute atomic E-state index is 15.5. The van der Waals surface area contributed by atoms with Crippen LogP contribution in [0.1, 0.15) is 29.6 Å². The zero-order valence-corrected chi connectivity index (χ0v) is 27.2. The number of pyridine rings is 2. The van der Waals surface area contributed by atoms with Crippen LogP contribution < -0.4 is 19.5 Å². The van der Waals surface area contributed by atoms with Crippen LogP contribution >= 0.6 is 0 Å². The molecule has 0 saturated carbocycles. The number of amides is 1. The lowest BCUT2D eigenvalue weighted by Crippen LogP contribution is -2.21. The van der Waals surface area contributed by atoms with Crippen LogP contribution in [-0.2, 0) is 0 Å². The lowest BCUT2D eigenvalue weighted by atomic mass is 10.0. The second kappa shape index (κ2) is 14.4. The van der Waals surface area contributed by atoms with Crippen LogP contribution in [0, 0.1) is 17.5 Å². The van der Waals surface area contributed by atoms with Crippen molar-refractivity contribution >= 4 is 33.4 Å². The van der Waals surface area contributed by atoms with Crippen molar-refractivity contribution in [3.8, 4) is 34.3 Å². The Morgan fingerprint density at radius 2 is 1.66 bits per heavy atom. The molecule has 6 aromatic rings. The van der Waals surface area contributed by atoms with Crippen LogP contribution in [0.3, 0.4) is 0 Å². The number of hydrogen-bond donors (Lipinski definition) is 1. The molecule has 11 heteroatoms. The molecule has 0 bridgehead atoms. The summed E-state index contributed by atoms with van der Waals surface area (Å²) in [6.07, 6.45) is 4.95. The molecular formula is C39H33F3N4O4. The number of likely N-dealkylation sites (tertiary alicyclic amines) is 1. The van der Waals surface area contributed by atoms with Gasteiger partial charge in [0.1, 0.15) is 17.4 Å². The zero-order valence-electron chi connectivity index (χ0n) is 27.2. The van der Waals surface area contributed by atoms with E-state index >= 15 is 4.39 Å². The van der Waals surface area contributed by atoms with Gasteiger partial charge in [-0.2, -0.15) is 0 Å². The Bertz CT molecular complexity index is 2210. The molecule has 1 aliphatic heterocycles. The Balaban J connectivity index is 1.09. The highest BCUT2D eigenvalue weighted by Gasteiger charge is 2.19. The highest BCUT2D eigenvalue weighted by molar-refractivity contribution is 6.13. The molecule has 1 aliphatic rings. The summed E-state index contributed by atoms with van der Waals surface area (Å²) in [6, 6.07) is 20.7. The standard InChI is InChI=1S/C39H33F3N4O4/c1-48-37-22-29-33(23-38(37)49-18-6-17-46-15-4-5-16-46)43-14-13-35(29)50-36-12-10-25(20-31(36)42)44-39(47)28-21-34(27-11-9-24(40)19-30(27)41)45-32-8-3-2-7-26(28)32/h2-3,7-14,19-23H,4-6,15-18H2,1H3,(H,44,47). The van der Waals surface area contributed by atoms with Crippen molar-refractivity contribution in [2.45, 2.75) is 19.3 Å². The van der Waals surface area contributed by atoms with Crippen LogP contribution in [0.4, 0.5) is 18.9 Å². The molecule has 254 valence electrons. The van der Waals surface area contributed by atoms with Gasteiger partial charge in [-0.05, 0) is 80.9 Å². The molecule has 7 rings (SSSR count). The minimum absolute atomic E-state index is 0.0386. The average Bonchev–Trinajstić information content (AvgIpc) is 3.64. The normalized spacial score (nSPS) is 13.1. The number of fused-ring (bicyclic) bond motifs is 2. The molecular weight excluding hydrogens is 645 g/mol. The number of anilines is 1. The molecule has 50 heavy (non-hydrogen) atoms. The molecule has 1 N–H and O–H groups in total. The van der Waals surface area contributed by atoms with Crippen molar-refractivity contribution in [1.29, 1.82) is 0 Å². The van der Waals surface area contributed by atoms with E-state index in [1.54, 1.807) is 55.8 Å². The van der Waals surface area contributed by atoms with E-state index in [1.807, 2.05) is 0 Å². The maximum atomic E-state index is 15.5. The number of rotatable bonds is 11. The van der Waals surface area contributed by atoms with E-state index in [4.69, 9.17) is 14.2 Å². The summed E-state index contributed by atoms with van der Waals surface area (Å²) in [7, 11) is 1.55. The Hall–Kier alpha value is -5.68. The van der Waals surface area contributed by atoms with E-state index in [2.05, 4.69) is 20.2 Å². The quantitative estimate of drug-likeness (QED) is 0.137. The topological polar surface area (TPSA) is 85.8 Å². The Morgan fingerprint density at radius 1 is 0.820 bits per heavy atom. The summed E-state index contributed by atoms with van der Waals surface area (Å²) in [4.78, 5) is 24.9. The lowest BCUT2D eigenvalue weighted by Gasteiger charge is -2.16. The Labute approximate surface area is 286 Å².